The van der Waals surface area contributed by atoms with Gasteiger partial charge in [0.25, 0.3) is 5.91 Å². The molecule has 5 rings (SSSR count). The molecule has 1 amide bonds. The Kier molecular flexibility index (Phi) is 6.33. The van der Waals surface area contributed by atoms with Crippen LogP contribution in [0.25, 0.3) is 16.9 Å². The first-order chi connectivity index (χ1) is 18.4. The van der Waals surface area contributed by atoms with Crippen LogP contribution in [0.3, 0.4) is 0 Å². The lowest BCUT2D eigenvalue weighted by Crippen LogP contribution is -2.65. The number of benzene rings is 1. The largest absolute Gasteiger partial charge is 0.508 e. The lowest BCUT2D eigenvalue weighted by Gasteiger charge is -2.50. The molecule has 1 fully saturated rings. The highest BCUT2D eigenvalue weighted by Gasteiger charge is 2.64. The van der Waals surface area contributed by atoms with Crippen LogP contribution in [0.4, 0.5) is 0 Å². The summed E-state index contributed by atoms with van der Waals surface area (Å²) in [4.78, 5) is 45.0. The number of primary amides is 1. The number of ketones is 2. The quantitative estimate of drug-likeness (QED) is 0.348. The number of phenolic OH excluding ortho intramolecular Hbond substituents is 1. The molecule has 0 unspecified atom stereocenters. The van der Waals surface area contributed by atoms with Crippen molar-refractivity contribution < 1.29 is 39.5 Å². The predicted molar refractivity (Wildman–Crippen MR) is 138 cm³/mol. The third-order valence-electron chi connectivity index (χ3n) is 8.02. The van der Waals surface area contributed by atoms with E-state index >= 15 is 0 Å². The summed E-state index contributed by atoms with van der Waals surface area (Å²) >= 11 is 0. The Balaban J connectivity index is 1.72. The first-order valence-electron chi connectivity index (χ1n) is 12.4. The molecule has 1 saturated carbocycles. The molecule has 11 nitrogen and oxygen atoms in total. The standard InChI is InChI=1S/C28H29N3O8/c1-31(2)22-17-8-13-7-16-15(14-6-12(11-39-3)9-30-10-14)4-5-18(32)20(16)23(33)19(13)25(35)28(17,38)26(36)21(24(22)34)27(29)37/h4-6,9-10,13,17,22,32-33,36,38H,7-8,11H2,1-3H3,(H2,29,37)/t13-,17-,22-,28-/m0/s1. The summed E-state index contributed by atoms with van der Waals surface area (Å²) in [6.07, 6.45) is 3.51. The van der Waals surface area contributed by atoms with E-state index in [1.54, 1.807) is 39.7 Å². The van der Waals surface area contributed by atoms with E-state index in [0.29, 0.717) is 23.3 Å². The van der Waals surface area contributed by atoms with Crippen molar-refractivity contribution in [1.29, 1.82) is 0 Å². The van der Waals surface area contributed by atoms with Crippen LogP contribution >= 0.6 is 0 Å². The molecular formula is C28H29N3O8. The number of hydrogen-bond acceptors (Lipinski definition) is 10. The fraction of sp³-hybridized carbons (Fsp3) is 0.357. The number of nitrogens with zero attached hydrogens (tertiary/aromatic N) is 2. The molecule has 0 radical (unpaired) electrons. The average molecular weight is 536 g/mol. The zero-order chi connectivity index (χ0) is 28.4. The van der Waals surface area contributed by atoms with E-state index in [9.17, 15) is 34.8 Å². The highest BCUT2D eigenvalue weighted by atomic mass is 16.5. The highest BCUT2D eigenvalue weighted by Crippen LogP contribution is 2.53. The van der Waals surface area contributed by atoms with E-state index in [-0.39, 0.29) is 29.7 Å². The van der Waals surface area contributed by atoms with Crippen LogP contribution in [0.1, 0.15) is 23.1 Å². The predicted octanol–water partition coefficient (Wildman–Crippen LogP) is 1.17. The topological polar surface area (TPSA) is 184 Å². The molecule has 0 aliphatic heterocycles. The maximum absolute atomic E-state index is 13.9. The average Bonchev–Trinajstić information content (AvgIpc) is 2.86. The van der Waals surface area contributed by atoms with Crippen molar-refractivity contribution in [1.82, 2.24) is 9.88 Å². The molecule has 204 valence electrons. The summed E-state index contributed by atoms with van der Waals surface area (Å²) in [5.41, 5.74) is 4.44. The van der Waals surface area contributed by atoms with Gasteiger partial charge in [0, 0.05) is 36.6 Å². The molecule has 2 aromatic rings. The number of aliphatic hydroxyl groups is 3. The normalized spacial score (nSPS) is 26.4. The monoisotopic (exact) mass is 535 g/mol. The number of aliphatic hydroxyl groups excluding tert-OH is 2. The van der Waals surface area contributed by atoms with Gasteiger partial charge in [-0.2, -0.15) is 0 Å². The number of methoxy groups -OCH3 is 1. The van der Waals surface area contributed by atoms with Crippen molar-refractivity contribution >= 4 is 23.2 Å². The number of fused-ring (bicyclic) bond motifs is 3. The number of nitrogens with two attached hydrogens (primary N) is 1. The van der Waals surface area contributed by atoms with Crippen molar-refractivity contribution in [2.45, 2.75) is 31.1 Å². The third-order valence-corrected chi connectivity index (χ3v) is 8.02. The Hall–Kier alpha value is -4.06. The number of Topliss-reactive ketones (excluding diaryl/α,β-unsaturated/α-hetero) is 2. The molecule has 11 heteroatoms. The van der Waals surface area contributed by atoms with Gasteiger partial charge in [0.2, 0.25) is 5.78 Å². The molecule has 0 spiro atoms. The summed E-state index contributed by atoms with van der Waals surface area (Å²) in [6.45, 7) is 0.331. The number of phenols is 1. The van der Waals surface area contributed by atoms with Crippen LogP contribution in [-0.2, 0) is 32.1 Å². The molecule has 39 heavy (non-hydrogen) atoms. The smallest absolute Gasteiger partial charge is 0.255 e. The number of amides is 1. The van der Waals surface area contributed by atoms with Gasteiger partial charge in [0.1, 0.15) is 22.8 Å². The van der Waals surface area contributed by atoms with Gasteiger partial charge in [-0.25, -0.2) is 0 Å². The minimum Gasteiger partial charge on any atom is -0.508 e. The van der Waals surface area contributed by atoms with Gasteiger partial charge >= 0.3 is 0 Å². The summed E-state index contributed by atoms with van der Waals surface area (Å²) in [5, 5.41) is 44.8. The molecule has 3 aliphatic carbocycles. The first-order valence-corrected chi connectivity index (χ1v) is 12.4. The lowest BCUT2D eigenvalue weighted by molar-refractivity contribution is -0.153. The van der Waals surface area contributed by atoms with E-state index in [0.717, 1.165) is 5.56 Å². The van der Waals surface area contributed by atoms with Crippen molar-refractivity contribution in [3.63, 3.8) is 0 Å². The van der Waals surface area contributed by atoms with Crippen LogP contribution in [0, 0.1) is 11.8 Å². The number of aromatic hydroxyl groups is 1. The molecule has 1 heterocycles. The van der Waals surface area contributed by atoms with E-state index in [1.165, 1.54) is 11.0 Å². The van der Waals surface area contributed by atoms with Gasteiger partial charge in [-0.3, -0.25) is 24.3 Å². The van der Waals surface area contributed by atoms with Gasteiger partial charge in [-0.15, -0.1) is 0 Å². The second-order valence-electron chi connectivity index (χ2n) is 10.5. The molecule has 0 bridgehead atoms. The van der Waals surface area contributed by atoms with E-state index < -0.39 is 58.0 Å². The molecular weight excluding hydrogens is 506 g/mol. The highest BCUT2D eigenvalue weighted by molar-refractivity contribution is 6.24. The summed E-state index contributed by atoms with van der Waals surface area (Å²) in [6, 6.07) is 3.83. The first kappa shape index (κ1) is 26.5. The third kappa shape index (κ3) is 3.76. The number of pyridine rings is 1. The fourth-order valence-corrected chi connectivity index (χ4v) is 6.39. The molecule has 6 N–H and O–H groups in total. The van der Waals surface area contributed by atoms with Crippen LogP contribution in [0.2, 0.25) is 0 Å². The molecule has 4 atom stereocenters. The van der Waals surface area contributed by atoms with Crippen LogP contribution < -0.4 is 5.73 Å². The Labute approximate surface area is 223 Å². The number of aromatic nitrogens is 1. The molecule has 3 aliphatic rings. The van der Waals surface area contributed by atoms with Gasteiger partial charge in [0.05, 0.1) is 18.2 Å². The Morgan fingerprint density at radius 1 is 1.21 bits per heavy atom. The number of ether oxygens (including phenoxy) is 1. The fourth-order valence-electron chi connectivity index (χ4n) is 6.39. The Morgan fingerprint density at radius 2 is 1.92 bits per heavy atom. The number of carbonyl (C=O) groups is 3. The van der Waals surface area contributed by atoms with Crippen LogP contribution in [0.15, 0.2) is 47.5 Å². The van der Waals surface area contributed by atoms with E-state index in [1.807, 2.05) is 6.07 Å². The second-order valence-corrected chi connectivity index (χ2v) is 10.5. The Morgan fingerprint density at radius 3 is 2.56 bits per heavy atom. The van der Waals surface area contributed by atoms with Crippen molar-refractivity contribution in [2.24, 2.45) is 17.6 Å². The maximum atomic E-state index is 13.9. The van der Waals surface area contributed by atoms with E-state index in [4.69, 9.17) is 10.5 Å². The Bertz CT molecular complexity index is 1490. The second kappa shape index (κ2) is 9.30. The summed E-state index contributed by atoms with van der Waals surface area (Å²) < 4.78 is 5.21. The van der Waals surface area contributed by atoms with E-state index in [2.05, 4.69) is 4.98 Å². The zero-order valence-electron chi connectivity index (χ0n) is 21.6. The minimum atomic E-state index is -2.67. The molecule has 1 aromatic heterocycles. The molecule has 0 saturated heterocycles. The van der Waals surface area contributed by atoms with Crippen LogP contribution in [-0.4, -0.2) is 80.6 Å². The van der Waals surface area contributed by atoms with Crippen molar-refractivity contribution in [3.8, 4) is 16.9 Å². The number of hydrogen-bond donors (Lipinski definition) is 5. The SMILES string of the molecule is COCc1cncc(-c2ccc(O)c3c2C[C@H]2C[C@H]4[C@H](N(C)C)C(=O)C(C(N)=O)=C(O)[C@@]4(O)C(=O)C2=C3O)c1. The summed E-state index contributed by atoms with van der Waals surface area (Å²) in [7, 11) is 4.68. The van der Waals surface area contributed by atoms with Crippen molar-refractivity contribution in [2.75, 3.05) is 21.2 Å². The van der Waals surface area contributed by atoms with Gasteiger partial charge in [0.15, 0.2) is 11.4 Å². The van der Waals surface area contributed by atoms with Gasteiger partial charge < -0.3 is 30.9 Å². The number of rotatable bonds is 5. The molecule has 1 aromatic carbocycles. The van der Waals surface area contributed by atoms with Crippen molar-refractivity contribution in [3.05, 3.63) is 64.2 Å². The van der Waals surface area contributed by atoms with Gasteiger partial charge in [-0.1, -0.05) is 6.07 Å². The zero-order valence-corrected chi connectivity index (χ0v) is 21.6. The maximum Gasteiger partial charge on any atom is 0.255 e. The number of carbonyl (C=O) groups excluding carboxylic acids is 3. The number of likely N-dealkylation sites (N-methyl/N-ethyl adjacent to an activating group) is 1. The minimum absolute atomic E-state index is 0.0167. The lowest BCUT2D eigenvalue weighted by atomic mass is 9.57. The summed E-state index contributed by atoms with van der Waals surface area (Å²) in [5.74, 6) is -6.83. The van der Waals surface area contributed by atoms with Gasteiger partial charge in [-0.05, 0) is 61.7 Å². The van der Waals surface area contributed by atoms with Crippen LogP contribution in [0.5, 0.6) is 5.75 Å².